The van der Waals surface area contributed by atoms with Crippen LogP contribution < -0.4 is 10.6 Å². The second-order valence-corrected chi connectivity index (χ2v) is 4.59. The summed E-state index contributed by atoms with van der Waals surface area (Å²) >= 11 is 0. The number of rotatable bonds is 4. The second kappa shape index (κ2) is 7.24. The summed E-state index contributed by atoms with van der Waals surface area (Å²) in [6.07, 6.45) is 0. The highest BCUT2D eigenvalue weighted by molar-refractivity contribution is 6.35. The van der Waals surface area contributed by atoms with E-state index >= 15 is 0 Å². The molecule has 0 saturated heterocycles. The molecule has 0 bridgehead atoms. The Morgan fingerprint density at radius 2 is 1.33 bits per heavy atom. The average molecular weight is 282 g/mol. The van der Waals surface area contributed by atoms with Crippen LogP contribution in [-0.2, 0) is 9.59 Å². The first kappa shape index (κ1) is 14.8. The van der Waals surface area contributed by atoms with Gasteiger partial charge in [-0.05, 0) is 18.1 Å². The lowest BCUT2D eigenvalue weighted by molar-refractivity contribution is -0.139. The van der Waals surface area contributed by atoms with E-state index in [4.69, 9.17) is 0 Å². The molecule has 2 N–H and O–H groups in total. The van der Waals surface area contributed by atoms with Gasteiger partial charge in [-0.1, -0.05) is 60.7 Å². The number of hydrogen-bond donors (Lipinski definition) is 2. The Kier molecular flexibility index (Phi) is 5.10. The molecule has 4 nitrogen and oxygen atoms in total. The Morgan fingerprint density at radius 1 is 0.857 bits per heavy atom. The van der Waals surface area contributed by atoms with Crippen molar-refractivity contribution in [2.75, 3.05) is 6.54 Å². The summed E-state index contributed by atoms with van der Waals surface area (Å²) in [5.41, 5.74) is 1.86. The minimum atomic E-state index is -0.630. The van der Waals surface area contributed by atoms with E-state index in [9.17, 15) is 9.59 Å². The van der Waals surface area contributed by atoms with Gasteiger partial charge in [0.15, 0.2) is 0 Å². The number of carbonyl (C=O) groups is 2. The first-order valence-electron chi connectivity index (χ1n) is 6.91. The number of amides is 2. The molecule has 21 heavy (non-hydrogen) atoms. The molecule has 0 aromatic heterocycles. The molecule has 0 aliphatic carbocycles. The molecule has 0 aliphatic heterocycles. The predicted molar refractivity (Wildman–Crippen MR) is 81.6 cm³/mol. The molecule has 0 saturated carbocycles. The molecule has 2 aromatic rings. The molecule has 0 spiro atoms. The molecule has 0 unspecified atom stereocenters. The Bertz CT molecular complexity index is 557. The van der Waals surface area contributed by atoms with Crippen molar-refractivity contribution < 1.29 is 9.59 Å². The summed E-state index contributed by atoms with van der Waals surface area (Å²) in [6.45, 7) is 2.20. The van der Waals surface area contributed by atoms with Crippen LogP contribution in [-0.4, -0.2) is 18.4 Å². The number of benzene rings is 2. The van der Waals surface area contributed by atoms with E-state index < -0.39 is 11.8 Å². The number of carbonyl (C=O) groups excluding carboxylic acids is 2. The zero-order chi connectivity index (χ0) is 15.1. The van der Waals surface area contributed by atoms with Crippen LogP contribution in [0.25, 0.3) is 0 Å². The largest absolute Gasteiger partial charge is 0.348 e. The van der Waals surface area contributed by atoms with Crippen molar-refractivity contribution >= 4 is 11.8 Å². The third-order valence-electron chi connectivity index (χ3n) is 3.08. The quantitative estimate of drug-likeness (QED) is 0.843. The fourth-order valence-corrected chi connectivity index (χ4v) is 2.09. The van der Waals surface area contributed by atoms with Crippen molar-refractivity contribution in [2.45, 2.75) is 13.0 Å². The highest BCUT2D eigenvalue weighted by Gasteiger charge is 2.20. The van der Waals surface area contributed by atoms with E-state index in [2.05, 4.69) is 10.6 Å². The molecule has 0 atom stereocenters. The highest BCUT2D eigenvalue weighted by atomic mass is 16.2. The van der Waals surface area contributed by atoms with Crippen molar-refractivity contribution in [1.29, 1.82) is 0 Å². The van der Waals surface area contributed by atoms with Crippen LogP contribution in [0.5, 0.6) is 0 Å². The Hall–Kier alpha value is -2.62. The molecule has 4 heteroatoms. The molecule has 0 radical (unpaired) electrons. The topological polar surface area (TPSA) is 58.2 Å². The molecule has 2 aromatic carbocycles. The van der Waals surface area contributed by atoms with Gasteiger partial charge >= 0.3 is 11.8 Å². The van der Waals surface area contributed by atoms with Gasteiger partial charge in [-0.2, -0.15) is 0 Å². The summed E-state index contributed by atoms with van der Waals surface area (Å²) < 4.78 is 0. The van der Waals surface area contributed by atoms with Crippen molar-refractivity contribution in [3.63, 3.8) is 0 Å². The summed E-state index contributed by atoms with van der Waals surface area (Å²) in [6, 6.07) is 18.8. The Morgan fingerprint density at radius 3 is 1.76 bits per heavy atom. The number of nitrogens with one attached hydrogen (secondary N) is 2. The van der Waals surface area contributed by atoms with Crippen molar-refractivity contribution in [1.82, 2.24) is 10.6 Å². The van der Waals surface area contributed by atoms with Crippen molar-refractivity contribution in [3.8, 4) is 0 Å². The first-order chi connectivity index (χ1) is 10.2. The number of likely N-dealkylation sites (N-methyl/N-ethyl adjacent to an activating group) is 1. The summed E-state index contributed by atoms with van der Waals surface area (Å²) in [5, 5.41) is 5.29. The van der Waals surface area contributed by atoms with Gasteiger partial charge < -0.3 is 10.6 Å². The zero-order valence-electron chi connectivity index (χ0n) is 11.9. The third kappa shape index (κ3) is 3.92. The molecular weight excluding hydrogens is 264 g/mol. The van der Waals surface area contributed by atoms with Gasteiger partial charge in [0.05, 0.1) is 6.04 Å². The molecule has 2 amide bonds. The van der Waals surface area contributed by atoms with Gasteiger partial charge in [0.2, 0.25) is 0 Å². The summed E-state index contributed by atoms with van der Waals surface area (Å²) in [4.78, 5) is 23.6. The monoisotopic (exact) mass is 282 g/mol. The second-order valence-electron chi connectivity index (χ2n) is 4.59. The van der Waals surface area contributed by atoms with E-state index in [0.29, 0.717) is 6.54 Å². The van der Waals surface area contributed by atoms with Crippen molar-refractivity contribution in [3.05, 3.63) is 71.8 Å². The van der Waals surface area contributed by atoms with Gasteiger partial charge in [-0.15, -0.1) is 0 Å². The maximum Gasteiger partial charge on any atom is 0.310 e. The average Bonchev–Trinajstić information content (AvgIpc) is 2.54. The number of hydrogen-bond acceptors (Lipinski definition) is 2. The third-order valence-corrected chi connectivity index (χ3v) is 3.08. The Labute approximate surface area is 124 Å². The Balaban J connectivity index is 2.25. The van der Waals surface area contributed by atoms with Crippen LogP contribution in [0.15, 0.2) is 60.7 Å². The minimum absolute atomic E-state index is 0.345. The molecule has 0 heterocycles. The minimum Gasteiger partial charge on any atom is -0.348 e. The fourth-order valence-electron chi connectivity index (χ4n) is 2.09. The van der Waals surface area contributed by atoms with Gasteiger partial charge in [-0.25, -0.2) is 0 Å². The molecule has 2 rings (SSSR count). The molecule has 0 fully saturated rings. The standard InChI is InChI=1S/C17H18N2O2/c1-2-18-16(20)17(21)19-15(13-9-5-3-6-10-13)14-11-7-4-8-12-14/h3-12,15H,2H2,1H3,(H,18,20)(H,19,21). The van der Waals surface area contributed by atoms with Crippen LogP contribution in [0, 0.1) is 0 Å². The smallest absolute Gasteiger partial charge is 0.310 e. The maximum atomic E-state index is 12.0. The first-order valence-corrected chi connectivity index (χ1v) is 6.91. The van der Waals surface area contributed by atoms with Crippen LogP contribution >= 0.6 is 0 Å². The predicted octanol–water partition coefficient (Wildman–Crippen LogP) is 2.03. The van der Waals surface area contributed by atoms with E-state index in [0.717, 1.165) is 11.1 Å². The molecule has 0 aliphatic rings. The summed E-state index contributed by atoms with van der Waals surface area (Å²) in [7, 11) is 0. The SMILES string of the molecule is CCNC(=O)C(=O)NC(c1ccccc1)c1ccccc1. The van der Waals surface area contributed by atoms with Crippen LogP contribution in [0.4, 0.5) is 0 Å². The van der Waals surface area contributed by atoms with E-state index in [1.165, 1.54) is 0 Å². The van der Waals surface area contributed by atoms with Crippen LogP contribution in [0.1, 0.15) is 24.1 Å². The zero-order valence-corrected chi connectivity index (χ0v) is 11.9. The fraction of sp³-hybridized carbons (Fsp3) is 0.176. The lowest BCUT2D eigenvalue weighted by atomic mass is 9.99. The van der Waals surface area contributed by atoms with Crippen LogP contribution in [0.2, 0.25) is 0 Å². The van der Waals surface area contributed by atoms with Crippen molar-refractivity contribution in [2.24, 2.45) is 0 Å². The lowest BCUT2D eigenvalue weighted by Gasteiger charge is -2.19. The lowest BCUT2D eigenvalue weighted by Crippen LogP contribution is -2.41. The summed E-state index contributed by atoms with van der Waals surface area (Å²) in [5.74, 6) is -1.25. The normalized spacial score (nSPS) is 10.2. The van der Waals surface area contributed by atoms with E-state index in [1.807, 2.05) is 60.7 Å². The maximum absolute atomic E-state index is 12.0. The van der Waals surface area contributed by atoms with Crippen LogP contribution in [0.3, 0.4) is 0 Å². The molecule has 108 valence electrons. The van der Waals surface area contributed by atoms with E-state index in [1.54, 1.807) is 6.92 Å². The van der Waals surface area contributed by atoms with E-state index in [-0.39, 0.29) is 6.04 Å². The van der Waals surface area contributed by atoms with Gasteiger partial charge in [-0.3, -0.25) is 9.59 Å². The van der Waals surface area contributed by atoms with Gasteiger partial charge in [0, 0.05) is 6.54 Å². The van der Waals surface area contributed by atoms with Gasteiger partial charge in [0.1, 0.15) is 0 Å². The molecular formula is C17H18N2O2. The highest BCUT2D eigenvalue weighted by Crippen LogP contribution is 2.21. The van der Waals surface area contributed by atoms with Gasteiger partial charge in [0.25, 0.3) is 0 Å².